The number of hydrogen-bond acceptors (Lipinski definition) is 4. The summed E-state index contributed by atoms with van der Waals surface area (Å²) in [5.74, 6) is -0.283. The largest absolute Gasteiger partial charge is 0.457 e. The summed E-state index contributed by atoms with van der Waals surface area (Å²) in [6.07, 6.45) is 1.59. The number of benzene rings is 1. The molecular formula is C16H16FNO2S. The molecule has 1 heterocycles. The van der Waals surface area contributed by atoms with Crippen molar-refractivity contribution in [3.8, 4) is 10.6 Å². The van der Waals surface area contributed by atoms with Crippen LogP contribution in [-0.2, 0) is 9.53 Å². The summed E-state index contributed by atoms with van der Waals surface area (Å²) < 4.78 is 18.4. The molecule has 110 valence electrons. The summed E-state index contributed by atoms with van der Waals surface area (Å²) in [5.41, 5.74) is 1.73. The van der Waals surface area contributed by atoms with Gasteiger partial charge in [0, 0.05) is 5.56 Å². The molecule has 0 radical (unpaired) electrons. The van der Waals surface area contributed by atoms with Gasteiger partial charge in [-0.1, -0.05) is 0 Å². The van der Waals surface area contributed by atoms with Crippen LogP contribution in [0.5, 0.6) is 0 Å². The zero-order valence-corrected chi connectivity index (χ0v) is 12.7. The fraction of sp³-hybridized carbons (Fsp3) is 0.375. The topological polar surface area (TPSA) is 39.2 Å². The molecule has 21 heavy (non-hydrogen) atoms. The third kappa shape index (κ3) is 3.13. The van der Waals surface area contributed by atoms with E-state index < -0.39 is 0 Å². The Morgan fingerprint density at radius 2 is 2.05 bits per heavy atom. The van der Waals surface area contributed by atoms with E-state index in [9.17, 15) is 9.18 Å². The first-order valence-electron chi connectivity index (χ1n) is 6.98. The van der Waals surface area contributed by atoms with E-state index in [-0.39, 0.29) is 23.8 Å². The van der Waals surface area contributed by atoms with Crippen molar-refractivity contribution in [1.29, 1.82) is 0 Å². The van der Waals surface area contributed by atoms with E-state index in [2.05, 4.69) is 4.98 Å². The molecule has 0 spiro atoms. The minimum atomic E-state index is -0.287. The Balaban J connectivity index is 1.80. The molecular weight excluding hydrogens is 289 g/mol. The van der Waals surface area contributed by atoms with Crippen LogP contribution in [0.3, 0.4) is 0 Å². The average Bonchev–Trinajstić information content (AvgIpc) is 3.23. The standard InChI is InChI=1S/C16H16FNO2S/c1-9-14(10(2)20-16(19)12-3-4-12)21-15(18-9)11-5-7-13(17)8-6-11/h5-8,10,12H,3-4H2,1-2H3/t10-/m0/s1. The third-order valence-corrected chi connectivity index (χ3v) is 4.86. The quantitative estimate of drug-likeness (QED) is 0.792. The SMILES string of the molecule is Cc1nc(-c2ccc(F)cc2)sc1[C@H](C)OC(=O)C1CC1. The van der Waals surface area contributed by atoms with Gasteiger partial charge in [-0.3, -0.25) is 4.79 Å². The highest BCUT2D eigenvalue weighted by Crippen LogP contribution is 2.36. The van der Waals surface area contributed by atoms with Crippen molar-refractivity contribution in [3.05, 3.63) is 40.7 Å². The van der Waals surface area contributed by atoms with Gasteiger partial charge in [0.05, 0.1) is 16.5 Å². The predicted molar refractivity (Wildman–Crippen MR) is 79.5 cm³/mol. The number of carbonyl (C=O) groups excluding carboxylic acids is 1. The highest BCUT2D eigenvalue weighted by atomic mass is 32.1. The molecule has 0 bridgehead atoms. The number of aromatic nitrogens is 1. The molecule has 3 rings (SSSR count). The van der Waals surface area contributed by atoms with E-state index in [4.69, 9.17) is 4.74 Å². The lowest BCUT2D eigenvalue weighted by Gasteiger charge is -2.11. The zero-order valence-electron chi connectivity index (χ0n) is 11.9. The van der Waals surface area contributed by atoms with Gasteiger partial charge in [0.2, 0.25) is 0 Å². The van der Waals surface area contributed by atoms with Crippen LogP contribution in [0, 0.1) is 18.7 Å². The van der Waals surface area contributed by atoms with Crippen LogP contribution in [-0.4, -0.2) is 11.0 Å². The summed E-state index contributed by atoms with van der Waals surface area (Å²) in [6.45, 7) is 3.77. The Hall–Kier alpha value is -1.75. The number of thiazole rings is 1. The number of aryl methyl sites for hydroxylation is 1. The number of nitrogens with zero attached hydrogens (tertiary/aromatic N) is 1. The molecule has 1 aromatic heterocycles. The van der Waals surface area contributed by atoms with E-state index in [0.29, 0.717) is 0 Å². The Morgan fingerprint density at radius 3 is 2.67 bits per heavy atom. The van der Waals surface area contributed by atoms with E-state index in [1.165, 1.54) is 23.5 Å². The van der Waals surface area contributed by atoms with Crippen molar-refractivity contribution in [2.24, 2.45) is 5.92 Å². The van der Waals surface area contributed by atoms with E-state index in [1.807, 2.05) is 13.8 Å². The smallest absolute Gasteiger partial charge is 0.309 e. The molecule has 1 saturated carbocycles. The summed E-state index contributed by atoms with van der Waals surface area (Å²) >= 11 is 1.49. The molecule has 0 aliphatic heterocycles. The van der Waals surface area contributed by atoms with E-state index >= 15 is 0 Å². The Morgan fingerprint density at radius 1 is 1.38 bits per heavy atom. The van der Waals surface area contributed by atoms with Crippen molar-refractivity contribution in [3.63, 3.8) is 0 Å². The summed E-state index contributed by atoms with van der Waals surface area (Å²) in [5, 5.41) is 0.817. The molecule has 1 aromatic carbocycles. The van der Waals surface area contributed by atoms with Crippen molar-refractivity contribution in [2.75, 3.05) is 0 Å². The molecule has 0 amide bonds. The van der Waals surface area contributed by atoms with Gasteiger partial charge < -0.3 is 4.74 Å². The molecule has 2 aromatic rings. The number of rotatable bonds is 4. The van der Waals surface area contributed by atoms with Gasteiger partial charge >= 0.3 is 5.97 Å². The first-order chi connectivity index (χ1) is 10.0. The lowest BCUT2D eigenvalue weighted by Crippen LogP contribution is -2.10. The number of halogens is 1. The van der Waals surface area contributed by atoms with Gasteiger partial charge in [-0.15, -0.1) is 11.3 Å². The summed E-state index contributed by atoms with van der Waals surface area (Å²) in [4.78, 5) is 17.2. The molecule has 1 atom stereocenters. The lowest BCUT2D eigenvalue weighted by atomic mass is 10.2. The monoisotopic (exact) mass is 305 g/mol. The van der Waals surface area contributed by atoms with E-state index in [0.717, 1.165) is 34.0 Å². The van der Waals surface area contributed by atoms with Gasteiger partial charge in [-0.25, -0.2) is 9.37 Å². The number of ether oxygens (including phenoxy) is 1. The van der Waals surface area contributed by atoms with Crippen LogP contribution < -0.4 is 0 Å². The second-order valence-corrected chi connectivity index (χ2v) is 6.36. The van der Waals surface area contributed by atoms with Crippen molar-refractivity contribution in [2.45, 2.75) is 32.8 Å². The maximum atomic E-state index is 13.0. The molecule has 1 aliphatic rings. The number of carbonyl (C=O) groups is 1. The van der Waals surface area contributed by atoms with Crippen LogP contribution in [0.2, 0.25) is 0 Å². The summed E-state index contributed by atoms with van der Waals surface area (Å²) in [6, 6.07) is 6.25. The normalized spacial score (nSPS) is 15.8. The second-order valence-electron chi connectivity index (χ2n) is 5.33. The molecule has 5 heteroatoms. The third-order valence-electron chi connectivity index (χ3n) is 3.50. The summed E-state index contributed by atoms with van der Waals surface area (Å²) in [7, 11) is 0. The molecule has 1 fully saturated rings. The Bertz CT molecular complexity index is 661. The van der Waals surface area contributed by atoms with Crippen molar-refractivity contribution < 1.29 is 13.9 Å². The van der Waals surface area contributed by atoms with Gasteiger partial charge in [0.25, 0.3) is 0 Å². The average molecular weight is 305 g/mol. The molecule has 3 nitrogen and oxygen atoms in total. The highest BCUT2D eigenvalue weighted by molar-refractivity contribution is 7.15. The van der Waals surface area contributed by atoms with Gasteiger partial charge in [-0.05, 0) is 51.0 Å². The minimum absolute atomic E-state index is 0.0947. The molecule has 0 N–H and O–H groups in total. The van der Waals surface area contributed by atoms with Crippen LogP contribution in [0.1, 0.15) is 36.4 Å². The van der Waals surface area contributed by atoms with E-state index in [1.54, 1.807) is 12.1 Å². The Kier molecular flexibility index (Phi) is 3.76. The van der Waals surface area contributed by atoms with Crippen molar-refractivity contribution in [1.82, 2.24) is 4.98 Å². The minimum Gasteiger partial charge on any atom is -0.457 e. The highest BCUT2D eigenvalue weighted by Gasteiger charge is 2.33. The fourth-order valence-corrected chi connectivity index (χ4v) is 3.20. The Labute approximate surface area is 126 Å². The number of esters is 1. The molecule has 0 saturated heterocycles. The zero-order chi connectivity index (χ0) is 15.0. The van der Waals surface area contributed by atoms with Crippen molar-refractivity contribution >= 4 is 17.3 Å². The van der Waals surface area contributed by atoms with Gasteiger partial charge in [0.1, 0.15) is 16.9 Å². The lowest BCUT2D eigenvalue weighted by molar-refractivity contribution is -0.150. The van der Waals surface area contributed by atoms with Crippen LogP contribution in [0.25, 0.3) is 10.6 Å². The number of hydrogen-bond donors (Lipinski definition) is 0. The van der Waals surface area contributed by atoms with Crippen LogP contribution in [0.4, 0.5) is 4.39 Å². The first kappa shape index (κ1) is 14.2. The maximum Gasteiger partial charge on any atom is 0.309 e. The fourth-order valence-electron chi connectivity index (χ4n) is 2.14. The van der Waals surface area contributed by atoms with Gasteiger partial charge in [-0.2, -0.15) is 0 Å². The van der Waals surface area contributed by atoms with Gasteiger partial charge in [0.15, 0.2) is 0 Å². The molecule has 0 unspecified atom stereocenters. The van der Waals surface area contributed by atoms with Crippen LogP contribution >= 0.6 is 11.3 Å². The predicted octanol–water partition coefficient (Wildman–Crippen LogP) is 4.27. The van der Waals surface area contributed by atoms with Crippen LogP contribution in [0.15, 0.2) is 24.3 Å². The maximum absolute atomic E-state index is 13.0. The molecule has 1 aliphatic carbocycles. The first-order valence-corrected chi connectivity index (χ1v) is 7.80. The second kappa shape index (κ2) is 5.56.